The maximum absolute atomic E-state index is 11.3. The third kappa shape index (κ3) is 2.42. The second-order valence-corrected chi connectivity index (χ2v) is 3.58. The molecule has 2 N–H and O–H groups in total. The minimum absolute atomic E-state index is 0.142. The molecule has 13 heavy (non-hydrogen) atoms. The van der Waals surface area contributed by atoms with Gasteiger partial charge in [0.25, 0.3) is 0 Å². The molecule has 5 heteroatoms. The van der Waals surface area contributed by atoms with Gasteiger partial charge in [0.1, 0.15) is 5.38 Å². The van der Waals surface area contributed by atoms with E-state index in [0.717, 1.165) is 12.8 Å². The first kappa shape index (κ1) is 10.5. The van der Waals surface area contributed by atoms with Gasteiger partial charge in [0, 0.05) is 6.54 Å². The Kier molecular flexibility index (Phi) is 3.69. The van der Waals surface area contributed by atoms with Gasteiger partial charge in [-0.2, -0.15) is 0 Å². The van der Waals surface area contributed by atoms with Gasteiger partial charge in [-0.3, -0.25) is 14.5 Å². The molecule has 1 fully saturated rings. The van der Waals surface area contributed by atoms with E-state index in [2.05, 4.69) is 0 Å². The van der Waals surface area contributed by atoms with Crippen LogP contribution in [0.4, 0.5) is 0 Å². The molecule has 1 unspecified atom stereocenters. The summed E-state index contributed by atoms with van der Waals surface area (Å²) < 4.78 is 0. The van der Waals surface area contributed by atoms with Crippen molar-refractivity contribution >= 4 is 23.4 Å². The fourth-order valence-electron chi connectivity index (χ4n) is 1.29. The lowest BCUT2D eigenvalue weighted by Crippen LogP contribution is -2.32. The first-order chi connectivity index (χ1) is 6.16. The topological polar surface area (TPSA) is 63.4 Å². The molecular weight excluding hydrogens is 192 g/mol. The highest BCUT2D eigenvalue weighted by molar-refractivity contribution is 6.35. The predicted molar refractivity (Wildman–Crippen MR) is 49.3 cm³/mol. The number of hydrogen-bond acceptors (Lipinski definition) is 3. The van der Waals surface area contributed by atoms with Crippen molar-refractivity contribution < 1.29 is 9.59 Å². The highest BCUT2D eigenvalue weighted by atomic mass is 35.5. The number of unbranched alkanes of at least 4 members (excludes halogenated alkanes) is 1. The van der Waals surface area contributed by atoms with Gasteiger partial charge in [0.15, 0.2) is 0 Å². The molecule has 0 aliphatic carbocycles. The van der Waals surface area contributed by atoms with Gasteiger partial charge in [0.05, 0.1) is 6.42 Å². The van der Waals surface area contributed by atoms with Gasteiger partial charge >= 0.3 is 0 Å². The summed E-state index contributed by atoms with van der Waals surface area (Å²) in [6, 6.07) is 0. The van der Waals surface area contributed by atoms with Crippen LogP contribution in [0.2, 0.25) is 0 Å². The second-order valence-electron chi connectivity index (χ2n) is 3.05. The van der Waals surface area contributed by atoms with Crippen LogP contribution in [0.1, 0.15) is 19.3 Å². The van der Waals surface area contributed by atoms with Gasteiger partial charge in [-0.05, 0) is 19.4 Å². The number of likely N-dealkylation sites (tertiary alicyclic amines) is 1. The maximum atomic E-state index is 11.3. The van der Waals surface area contributed by atoms with Crippen LogP contribution in [0.5, 0.6) is 0 Å². The molecule has 0 aromatic carbocycles. The highest BCUT2D eigenvalue weighted by Crippen LogP contribution is 2.18. The summed E-state index contributed by atoms with van der Waals surface area (Å²) in [5, 5.41) is -0.648. The van der Waals surface area contributed by atoms with Gasteiger partial charge < -0.3 is 5.73 Å². The van der Waals surface area contributed by atoms with Crippen molar-refractivity contribution in [3.63, 3.8) is 0 Å². The molecule has 1 heterocycles. The lowest BCUT2D eigenvalue weighted by Gasteiger charge is -2.12. The van der Waals surface area contributed by atoms with Gasteiger partial charge in [0.2, 0.25) is 11.8 Å². The Hall–Kier alpha value is -0.610. The van der Waals surface area contributed by atoms with E-state index in [9.17, 15) is 9.59 Å². The van der Waals surface area contributed by atoms with Crippen LogP contribution in [-0.2, 0) is 9.59 Å². The number of halogens is 1. The van der Waals surface area contributed by atoms with Crippen molar-refractivity contribution in [2.45, 2.75) is 24.6 Å². The molecule has 1 aliphatic rings. The van der Waals surface area contributed by atoms with E-state index < -0.39 is 5.38 Å². The summed E-state index contributed by atoms with van der Waals surface area (Å²) >= 11 is 5.63. The minimum atomic E-state index is -0.648. The normalized spacial score (nSPS) is 22.9. The Labute approximate surface area is 82.0 Å². The van der Waals surface area contributed by atoms with Crippen LogP contribution in [0.25, 0.3) is 0 Å². The molecule has 0 aromatic heterocycles. The highest BCUT2D eigenvalue weighted by Gasteiger charge is 2.36. The minimum Gasteiger partial charge on any atom is -0.330 e. The first-order valence-corrected chi connectivity index (χ1v) is 4.79. The van der Waals surface area contributed by atoms with Gasteiger partial charge in [-0.15, -0.1) is 11.6 Å². The Balaban J connectivity index is 2.40. The van der Waals surface area contributed by atoms with Gasteiger partial charge in [-0.25, -0.2) is 0 Å². The van der Waals surface area contributed by atoms with E-state index in [1.165, 1.54) is 4.90 Å². The summed E-state index contributed by atoms with van der Waals surface area (Å²) in [7, 11) is 0. The molecule has 1 aliphatic heterocycles. The Bertz CT molecular complexity index is 220. The summed E-state index contributed by atoms with van der Waals surface area (Å²) in [5.41, 5.74) is 5.30. The molecule has 74 valence electrons. The molecule has 0 spiro atoms. The van der Waals surface area contributed by atoms with Crippen LogP contribution in [0.3, 0.4) is 0 Å². The standard InChI is InChI=1S/C8H13ClN2O2/c9-6-5-7(12)11(8(6)13)4-2-1-3-10/h6H,1-5,10H2. The average Bonchev–Trinajstić information content (AvgIpc) is 2.32. The van der Waals surface area contributed by atoms with E-state index >= 15 is 0 Å². The molecule has 1 saturated heterocycles. The fraction of sp³-hybridized carbons (Fsp3) is 0.750. The monoisotopic (exact) mass is 204 g/mol. The van der Waals surface area contributed by atoms with Crippen molar-refractivity contribution in [2.24, 2.45) is 5.73 Å². The number of imide groups is 1. The first-order valence-electron chi connectivity index (χ1n) is 4.35. The van der Waals surface area contributed by atoms with Crippen LogP contribution >= 0.6 is 11.6 Å². The molecule has 0 radical (unpaired) electrons. The zero-order chi connectivity index (χ0) is 9.84. The number of alkyl halides is 1. The Morgan fingerprint density at radius 1 is 1.46 bits per heavy atom. The number of amides is 2. The number of carbonyl (C=O) groups is 2. The number of rotatable bonds is 4. The van der Waals surface area contributed by atoms with E-state index in [1.54, 1.807) is 0 Å². The lowest BCUT2D eigenvalue weighted by atomic mass is 10.3. The molecule has 0 saturated carbocycles. The summed E-state index contributed by atoms with van der Waals surface area (Å²) in [4.78, 5) is 23.7. The molecule has 0 aromatic rings. The maximum Gasteiger partial charge on any atom is 0.247 e. The van der Waals surface area contributed by atoms with Crippen LogP contribution < -0.4 is 5.73 Å². The molecule has 4 nitrogen and oxygen atoms in total. The third-order valence-corrected chi connectivity index (χ3v) is 2.37. The van der Waals surface area contributed by atoms with Crippen LogP contribution in [-0.4, -0.2) is 35.2 Å². The molecule has 0 bridgehead atoms. The SMILES string of the molecule is NCCCCN1C(=O)CC(Cl)C1=O. The fourth-order valence-corrected chi connectivity index (χ4v) is 1.54. The Morgan fingerprint density at radius 3 is 2.62 bits per heavy atom. The predicted octanol–water partition coefficient (Wildman–Crippen LogP) is 0.0916. The largest absolute Gasteiger partial charge is 0.330 e. The van der Waals surface area contributed by atoms with Crippen molar-refractivity contribution in [3.8, 4) is 0 Å². The van der Waals surface area contributed by atoms with Crippen LogP contribution in [0, 0.1) is 0 Å². The number of carbonyl (C=O) groups excluding carboxylic acids is 2. The zero-order valence-corrected chi connectivity index (χ0v) is 8.09. The van der Waals surface area contributed by atoms with Crippen molar-refractivity contribution in [3.05, 3.63) is 0 Å². The smallest absolute Gasteiger partial charge is 0.247 e. The molecule has 1 atom stereocenters. The van der Waals surface area contributed by atoms with E-state index in [4.69, 9.17) is 17.3 Å². The van der Waals surface area contributed by atoms with E-state index in [-0.39, 0.29) is 18.2 Å². The number of nitrogens with two attached hydrogens (primary N) is 1. The molecule has 1 rings (SSSR count). The molecule has 2 amide bonds. The van der Waals surface area contributed by atoms with E-state index in [0.29, 0.717) is 13.1 Å². The van der Waals surface area contributed by atoms with Crippen molar-refractivity contribution in [1.29, 1.82) is 0 Å². The second kappa shape index (κ2) is 4.58. The quantitative estimate of drug-likeness (QED) is 0.401. The number of nitrogens with zero attached hydrogens (tertiary/aromatic N) is 1. The summed E-state index contributed by atoms with van der Waals surface area (Å²) in [5.74, 6) is -0.425. The zero-order valence-electron chi connectivity index (χ0n) is 7.33. The van der Waals surface area contributed by atoms with Crippen molar-refractivity contribution in [1.82, 2.24) is 4.90 Å². The third-order valence-electron chi connectivity index (χ3n) is 2.02. The van der Waals surface area contributed by atoms with Crippen LogP contribution in [0.15, 0.2) is 0 Å². The molecular formula is C8H13ClN2O2. The van der Waals surface area contributed by atoms with E-state index in [1.807, 2.05) is 0 Å². The lowest BCUT2D eigenvalue weighted by molar-refractivity contribution is -0.138. The van der Waals surface area contributed by atoms with Crippen molar-refractivity contribution in [2.75, 3.05) is 13.1 Å². The average molecular weight is 205 g/mol. The summed E-state index contributed by atoms with van der Waals surface area (Å²) in [6.07, 6.45) is 1.73. The van der Waals surface area contributed by atoms with Gasteiger partial charge in [-0.1, -0.05) is 0 Å². The Morgan fingerprint density at radius 2 is 2.15 bits per heavy atom. The summed E-state index contributed by atoms with van der Waals surface area (Å²) in [6.45, 7) is 1.04. The number of hydrogen-bond donors (Lipinski definition) is 1.